The SMILES string of the molecule is CCc1cnc(/C=C/c2ccc(Cl)c3ccccc23)cc1N1CCCCC1. The third-order valence-electron chi connectivity index (χ3n) is 5.40. The molecule has 0 aliphatic carbocycles. The number of piperidine rings is 1. The van der Waals surface area contributed by atoms with Crippen LogP contribution in [0.25, 0.3) is 22.9 Å². The number of benzene rings is 2. The average molecular weight is 377 g/mol. The van der Waals surface area contributed by atoms with Gasteiger partial charge in [0.1, 0.15) is 0 Å². The number of anilines is 1. The van der Waals surface area contributed by atoms with E-state index in [4.69, 9.17) is 11.6 Å². The predicted octanol–water partition coefficient (Wildman–Crippen LogP) is 6.61. The van der Waals surface area contributed by atoms with E-state index in [-0.39, 0.29) is 0 Å². The maximum absolute atomic E-state index is 6.34. The minimum atomic E-state index is 0.792. The van der Waals surface area contributed by atoms with Gasteiger partial charge in [-0.1, -0.05) is 54.9 Å². The highest BCUT2D eigenvalue weighted by Crippen LogP contribution is 2.29. The summed E-state index contributed by atoms with van der Waals surface area (Å²) < 4.78 is 0. The summed E-state index contributed by atoms with van der Waals surface area (Å²) in [6, 6.07) is 14.6. The van der Waals surface area contributed by atoms with Gasteiger partial charge in [-0.2, -0.15) is 0 Å². The van der Waals surface area contributed by atoms with Crippen molar-refractivity contribution < 1.29 is 0 Å². The monoisotopic (exact) mass is 376 g/mol. The number of rotatable bonds is 4. The van der Waals surface area contributed by atoms with Gasteiger partial charge in [0, 0.05) is 35.4 Å². The van der Waals surface area contributed by atoms with Crippen molar-refractivity contribution in [2.24, 2.45) is 0 Å². The molecular formula is C24H25ClN2. The fourth-order valence-corrected chi connectivity index (χ4v) is 4.12. The van der Waals surface area contributed by atoms with Crippen LogP contribution in [0.4, 0.5) is 5.69 Å². The van der Waals surface area contributed by atoms with Crippen molar-refractivity contribution in [2.75, 3.05) is 18.0 Å². The molecule has 0 N–H and O–H groups in total. The predicted molar refractivity (Wildman–Crippen MR) is 118 cm³/mol. The van der Waals surface area contributed by atoms with Gasteiger partial charge in [0.05, 0.1) is 5.69 Å². The molecule has 0 radical (unpaired) electrons. The molecule has 0 amide bonds. The number of halogens is 1. The zero-order valence-corrected chi connectivity index (χ0v) is 16.5. The van der Waals surface area contributed by atoms with Crippen LogP contribution in [0.1, 0.15) is 43.0 Å². The van der Waals surface area contributed by atoms with E-state index in [2.05, 4.69) is 59.3 Å². The molecule has 1 saturated heterocycles. The largest absolute Gasteiger partial charge is 0.371 e. The third-order valence-corrected chi connectivity index (χ3v) is 5.73. The van der Waals surface area contributed by atoms with E-state index in [1.807, 2.05) is 18.3 Å². The Labute approximate surface area is 166 Å². The normalized spacial score (nSPS) is 15.0. The van der Waals surface area contributed by atoms with Gasteiger partial charge in [-0.15, -0.1) is 0 Å². The summed E-state index contributed by atoms with van der Waals surface area (Å²) in [5.74, 6) is 0. The number of aryl methyl sites for hydroxylation is 1. The fraction of sp³-hybridized carbons (Fsp3) is 0.292. The van der Waals surface area contributed by atoms with E-state index in [1.165, 1.54) is 35.9 Å². The highest BCUT2D eigenvalue weighted by atomic mass is 35.5. The quantitative estimate of drug-likeness (QED) is 0.509. The highest BCUT2D eigenvalue weighted by Gasteiger charge is 2.14. The first-order valence-corrected chi connectivity index (χ1v) is 10.2. The Kier molecular flexibility index (Phi) is 5.45. The molecular weight excluding hydrogens is 352 g/mol. The molecule has 0 bridgehead atoms. The maximum Gasteiger partial charge on any atom is 0.0650 e. The van der Waals surface area contributed by atoms with Gasteiger partial charge in [0.15, 0.2) is 0 Å². The number of hydrogen-bond acceptors (Lipinski definition) is 2. The maximum atomic E-state index is 6.34. The van der Waals surface area contributed by atoms with Crippen LogP contribution < -0.4 is 4.90 Å². The van der Waals surface area contributed by atoms with Crippen molar-refractivity contribution in [1.29, 1.82) is 0 Å². The Morgan fingerprint density at radius 3 is 2.56 bits per heavy atom. The molecule has 1 aromatic heterocycles. The molecule has 138 valence electrons. The lowest BCUT2D eigenvalue weighted by atomic mass is 10.0. The summed E-state index contributed by atoms with van der Waals surface area (Å²) >= 11 is 6.34. The molecule has 1 aliphatic rings. The van der Waals surface area contributed by atoms with E-state index >= 15 is 0 Å². The van der Waals surface area contributed by atoms with Crippen molar-refractivity contribution in [1.82, 2.24) is 4.98 Å². The van der Waals surface area contributed by atoms with Gasteiger partial charge >= 0.3 is 0 Å². The first kappa shape index (κ1) is 18.1. The molecule has 4 rings (SSSR count). The number of aromatic nitrogens is 1. The molecule has 3 heteroatoms. The first-order chi connectivity index (χ1) is 13.3. The van der Waals surface area contributed by atoms with E-state index in [9.17, 15) is 0 Å². The lowest BCUT2D eigenvalue weighted by molar-refractivity contribution is 0.576. The Balaban J connectivity index is 1.67. The number of fused-ring (bicyclic) bond motifs is 1. The minimum Gasteiger partial charge on any atom is -0.371 e. The zero-order chi connectivity index (χ0) is 18.6. The topological polar surface area (TPSA) is 16.1 Å². The first-order valence-electron chi connectivity index (χ1n) is 9.85. The second kappa shape index (κ2) is 8.14. The van der Waals surface area contributed by atoms with E-state index in [0.717, 1.165) is 41.2 Å². The molecule has 0 unspecified atom stereocenters. The fourth-order valence-electron chi connectivity index (χ4n) is 3.89. The van der Waals surface area contributed by atoms with Gasteiger partial charge in [0.2, 0.25) is 0 Å². The summed E-state index contributed by atoms with van der Waals surface area (Å²) in [5.41, 5.74) is 4.86. The minimum absolute atomic E-state index is 0.792. The molecule has 0 spiro atoms. The van der Waals surface area contributed by atoms with Crippen molar-refractivity contribution >= 4 is 40.2 Å². The Morgan fingerprint density at radius 2 is 1.78 bits per heavy atom. The molecule has 0 atom stereocenters. The highest BCUT2D eigenvalue weighted by molar-refractivity contribution is 6.35. The standard InChI is InChI=1S/C24H25ClN2/c1-2-18-17-26-20(16-24(18)27-14-6-3-7-15-27)12-10-19-11-13-23(25)22-9-5-4-8-21(19)22/h4-5,8-13,16-17H,2-3,6-7,14-15H2,1H3/b12-10+. The lowest BCUT2D eigenvalue weighted by Gasteiger charge is -2.30. The van der Waals surface area contributed by atoms with Crippen molar-refractivity contribution in [3.05, 3.63) is 70.5 Å². The molecule has 0 saturated carbocycles. The van der Waals surface area contributed by atoms with Gasteiger partial charge in [0.25, 0.3) is 0 Å². The number of hydrogen-bond donors (Lipinski definition) is 0. The summed E-state index contributed by atoms with van der Waals surface area (Å²) in [5, 5.41) is 3.05. The number of pyridine rings is 1. The van der Waals surface area contributed by atoms with Crippen LogP contribution >= 0.6 is 11.6 Å². The van der Waals surface area contributed by atoms with Gasteiger partial charge in [-0.25, -0.2) is 0 Å². The number of nitrogens with zero attached hydrogens (tertiary/aromatic N) is 2. The molecule has 27 heavy (non-hydrogen) atoms. The van der Waals surface area contributed by atoms with Crippen LogP contribution in [-0.2, 0) is 6.42 Å². The van der Waals surface area contributed by atoms with E-state index in [1.54, 1.807) is 0 Å². The Bertz CT molecular complexity index is 971. The van der Waals surface area contributed by atoms with Crippen LogP contribution in [0.3, 0.4) is 0 Å². The summed E-state index contributed by atoms with van der Waals surface area (Å²) in [7, 11) is 0. The summed E-state index contributed by atoms with van der Waals surface area (Å²) in [6.45, 7) is 4.52. The van der Waals surface area contributed by atoms with Crippen LogP contribution in [0.2, 0.25) is 5.02 Å². The average Bonchev–Trinajstić information content (AvgIpc) is 2.74. The molecule has 2 aromatic carbocycles. The Morgan fingerprint density at radius 1 is 1.00 bits per heavy atom. The van der Waals surface area contributed by atoms with Crippen LogP contribution in [0, 0.1) is 0 Å². The third kappa shape index (κ3) is 3.86. The van der Waals surface area contributed by atoms with Gasteiger partial charge < -0.3 is 4.90 Å². The van der Waals surface area contributed by atoms with Crippen molar-refractivity contribution in [2.45, 2.75) is 32.6 Å². The lowest BCUT2D eigenvalue weighted by Crippen LogP contribution is -2.30. The van der Waals surface area contributed by atoms with Crippen molar-refractivity contribution in [3.8, 4) is 0 Å². The molecule has 1 fully saturated rings. The second-order valence-electron chi connectivity index (χ2n) is 7.15. The van der Waals surface area contributed by atoms with Crippen molar-refractivity contribution in [3.63, 3.8) is 0 Å². The summed E-state index contributed by atoms with van der Waals surface area (Å²) in [6.07, 6.45) is 11.2. The molecule has 2 heterocycles. The van der Waals surface area contributed by atoms with Gasteiger partial charge in [-0.05, 0) is 60.4 Å². The van der Waals surface area contributed by atoms with Crippen LogP contribution in [0.5, 0.6) is 0 Å². The zero-order valence-electron chi connectivity index (χ0n) is 15.8. The summed E-state index contributed by atoms with van der Waals surface area (Å²) in [4.78, 5) is 7.20. The van der Waals surface area contributed by atoms with Gasteiger partial charge in [-0.3, -0.25) is 4.98 Å². The molecule has 3 aromatic rings. The van der Waals surface area contributed by atoms with E-state index in [0.29, 0.717) is 0 Å². The van der Waals surface area contributed by atoms with Crippen LogP contribution in [-0.4, -0.2) is 18.1 Å². The Hall–Kier alpha value is -2.32. The smallest absolute Gasteiger partial charge is 0.0650 e. The van der Waals surface area contributed by atoms with E-state index < -0.39 is 0 Å². The molecule has 2 nitrogen and oxygen atoms in total. The second-order valence-corrected chi connectivity index (χ2v) is 7.56. The van der Waals surface area contributed by atoms with Crippen LogP contribution in [0.15, 0.2) is 48.7 Å². The molecule has 1 aliphatic heterocycles.